The monoisotopic (exact) mass is 426 g/mol. The zero-order chi connectivity index (χ0) is 20.1. The van der Waals surface area contributed by atoms with Gasteiger partial charge in [-0.1, -0.05) is 29.8 Å². The lowest BCUT2D eigenvalue weighted by Gasteiger charge is -2.34. The summed E-state index contributed by atoms with van der Waals surface area (Å²) in [4.78, 5) is 16.0. The van der Waals surface area contributed by atoms with E-state index in [1.54, 1.807) is 35.2 Å². The first kappa shape index (κ1) is 20.6. The van der Waals surface area contributed by atoms with Crippen LogP contribution < -0.4 is 4.18 Å². The van der Waals surface area contributed by atoms with Crippen LogP contribution in [0.1, 0.15) is 10.4 Å². The van der Waals surface area contributed by atoms with Crippen molar-refractivity contribution < 1.29 is 21.8 Å². The Labute approximate surface area is 168 Å². The van der Waals surface area contributed by atoms with Crippen LogP contribution in [0.2, 0.25) is 5.02 Å². The zero-order valence-electron chi connectivity index (χ0n) is 15.1. The molecule has 0 spiro atoms. The molecule has 0 unspecified atom stereocenters. The van der Waals surface area contributed by atoms with E-state index in [0.717, 1.165) is 6.07 Å². The Morgan fingerprint density at radius 3 is 2.39 bits per heavy atom. The predicted octanol–water partition coefficient (Wildman–Crippen LogP) is 2.65. The van der Waals surface area contributed by atoms with Gasteiger partial charge in [-0.05, 0) is 30.3 Å². The summed E-state index contributed by atoms with van der Waals surface area (Å²) in [5.41, 5.74) is -0.0170. The lowest BCUT2D eigenvalue weighted by atomic mass is 10.1. The molecule has 0 atom stereocenters. The van der Waals surface area contributed by atoms with Gasteiger partial charge in [-0.15, -0.1) is 0 Å². The Bertz CT molecular complexity index is 932. The fourth-order valence-electron chi connectivity index (χ4n) is 2.91. The summed E-state index contributed by atoms with van der Waals surface area (Å²) in [6, 6.07) is 12.3. The van der Waals surface area contributed by atoms with E-state index in [1.165, 1.54) is 12.1 Å². The van der Waals surface area contributed by atoms with Gasteiger partial charge in [0, 0.05) is 37.7 Å². The number of hydrogen-bond donors (Lipinski definition) is 0. The number of carbonyl (C=O) groups excluding carboxylic acids is 1. The largest absolute Gasteiger partial charge is 0.382 e. The van der Waals surface area contributed by atoms with Crippen LogP contribution in [0.3, 0.4) is 0 Å². The fourth-order valence-corrected chi connectivity index (χ4v) is 4.04. The number of benzene rings is 2. The molecule has 1 amide bonds. The summed E-state index contributed by atoms with van der Waals surface area (Å²) in [6.07, 6.45) is 0. The van der Waals surface area contributed by atoms with E-state index in [4.69, 9.17) is 15.8 Å². The van der Waals surface area contributed by atoms with Crippen molar-refractivity contribution in [2.24, 2.45) is 0 Å². The quantitative estimate of drug-likeness (QED) is 0.664. The summed E-state index contributed by atoms with van der Waals surface area (Å²) in [6.45, 7) is 2.08. The third kappa shape index (κ3) is 5.43. The molecule has 1 saturated heterocycles. The van der Waals surface area contributed by atoms with Crippen molar-refractivity contribution in [3.05, 3.63) is 64.9 Å². The van der Waals surface area contributed by atoms with E-state index >= 15 is 0 Å². The van der Waals surface area contributed by atoms with Crippen LogP contribution >= 0.6 is 11.6 Å². The van der Waals surface area contributed by atoms with Gasteiger partial charge in [-0.2, -0.15) is 8.42 Å². The van der Waals surface area contributed by atoms with Crippen molar-refractivity contribution in [1.82, 2.24) is 9.80 Å². The standard InChI is InChI=1S/C19H20ClFN2O4S/c20-15-6-7-17(18(21)14-15)19(24)23-10-8-22(9-11-23)12-13-28(25,26)27-16-4-2-1-3-5-16/h1-7,14H,8-13H2. The second kappa shape index (κ2) is 8.89. The molecule has 1 heterocycles. The summed E-state index contributed by atoms with van der Waals surface area (Å²) < 4.78 is 43.2. The number of halogens is 2. The van der Waals surface area contributed by atoms with E-state index < -0.39 is 21.8 Å². The SMILES string of the molecule is O=C(c1ccc(Cl)cc1F)N1CCN(CCS(=O)(=O)Oc2ccccc2)CC1. The minimum Gasteiger partial charge on any atom is -0.382 e. The summed E-state index contributed by atoms with van der Waals surface area (Å²) in [7, 11) is -3.70. The topological polar surface area (TPSA) is 66.9 Å². The van der Waals surface area contributed by atoms with E-state index in [0.29, 0.717) is 32.7 Å². The number of hydrogen-bond acceptors (Lipinski definition) is 5. The summed E-state index contributed by atoms with van der Waals surface area (Å²) in [5, 5.41) is 0.234. The molecule has 1 aliphatic rings. The maximum Gasteiger partial charge on any atom is 0.310 e. The fraction of sp³-hybridized carbons (Fsp3) is 0.316. The Morgan fingerprint density at radius 2 is 1.75 bits per heavy atom. The molecule has 0 aliphatic carbocycles. The van der Waals surface area contributed by atoms with Gasteiger partial charge in [0.25, 0.3) is 5.91 Å². The highest BCUT2D eigenvalue weighted by molar-refractivity contribution is 7.87. The first-order valence-corrected chi connectivity index (χ1v) is 10.7. The maximum absolute atomic E-state index is 13.9. The number of piperazine rings is 1. The smallest absolute Gasteiger partial charge is 0.310 e. The van der Waals surface area contributed by atoms with Crippen molar-refractivity contribution in [3.63, 3.8) is 0 Å². The lowest BCUT2D eigenvalue weighted by molar-refractivity contribution is 0.0639. The molecule has 28 heavy (non-hydrogen) atoms. The Morgan fingerprint density at radius 1 is 1.07 bits per heavy atom. The van der Waals surface area contributed by atoms with Crippen LogP contribution in [0.25, 0.3) is 0 Å². The highest BCUT2D eigenvalue weighted by atomic mass is 35.5. The van der Waals surface area contributed by atoms with E-state index in [2.05, 4.69) is 0 Å². The van der Waals surface area contributed by atoms with Gasteiger partial charge in [0.1, 0.15) is 11.6 Å². The number of rotatable bonds is 6. The van der Waals surface area contributed by atoms with Crippen LogP contribution in [0.5, 0.6) is 5.75 Å². The minimum absolute atomic E-state index is 0.0170. The van der Waals surface area contributed by atoms with Crippen LogP contribution in [-0.4, -0.2) is 62.6 Å². The molecule has 1 aliphatic heterocycles. The number of amides is 1. The highest BCUT2D eigenvalue weighted by Gasteiger charge is 2.25. The normalized spacial score (nSPS) is 15.4. The number of nitrogens with zero attached hydrogens (tertiary/aromatic N) is 2. The van der Waals surface area contributed by atoms with Gasteiger partial charge in [0.05, 0.1) is 11.3 Å². The zero-order valence-corrected chi connectivity index (χ0v) is 16.6. The minimum atomic E-state index is -3.70. The molecule has 1 fully saturated rings. The molecule has 150 valence electrons. The first-order chi connectivity index (χ1) is 13.3. The molecule has 0 saturated carbocycles. The third-order valence-electron chi connectivity index (χ3n) is 4.44. The Hall–Kier alpha value is -2.16. The first-order valence-electron chi connectivity index (χ1n) is 8.78. The van der Waals surface area contributed by atoms with Gasteiger partial charge in [0.2, 0.25) is 0 Å². The van der Waals surface area contributed by atoms with Gasteiger partial charge < -0.3 is 9.08 Å². The van der Waals surface area contributed by atoms with Gasteiger partial charge >= 0.3 is 10.1 Å². The molecule has 0 bridgehead atoms. The Balaban J connectivity index is 1.49. The van der Waals surface area contributed by atoms with E-state index in [9.17, 15) is 17.6 Å². The van der Waals surface area contributed by atoms with Crippen LogP contribution in [0.4, 0.5) is 4.39 Å². The summed E-state index contributed by atoms with van der Waals surface area (Å²) in [5.74, 6) is -0.914. The highest BCUT2D eigenvalue weighted by Crippen LogP contribution is 2.17. The van der Waals surface area contributed by atoms with E-state index in [-0.39, 0.29) is 22.1 Å². The molecule has 6 nitrogen and oxygen atoms in total. The van der Waals surface area contributed by atoms with Crippen LogP contribution in [0, 0.1) is 5.82 Å². The van der Waals surface area contributed by atoms with Gasteiger partial charge in [-0.3, -0.25) is 9.69 Å². The molecule has 0 N–H and O–H groups in total. The summed E-state index contributed by atoms with van der Waals surface area (Å²) >= 11 is 5.72. The number of para-hydroxylation sites is 1. The van der Waals surface area contributed by atoms with Crippen molar-refractivity contribution >= 4 is 27.6 Å². The molecule has 0 aromatic heterocycles. The average Bonchev–Trinajstić information content (AvgIpc) is 2.67. The van der Waals surface area contributed by atoms with Crippen LogP contribution in [0.15, 0.2) is 48.5 Å². The van der Waals surface area contributed by atoms with Crippen molar-refractivity contribution in [1.29, 1.82) is 0 Å². The molecule has 9 heteroatoms. The van der Waals surface area contributed by atoms with Crippen molar-refractivity contribution in [2.75, 3.05) is 38.5 Å². The molecule has 0 radical (unpaired) electrons. The predicted molar refractivity (Wildman–Crippen MR) is 105 cm³/mol. The van der Waals surface area contributed by atoms with E-state index in [1.807, 2.05) is 4.90 Å². The second-order valence-corrected chi connectivity index (χ2v) is 8.54. The molecular formula is C19H20ClFN2O4S. The average molecular weight is 427 g/mol. The number of carbonyl (C=O) groups is 1. The van der Waals surface area contributed by atoms with Gasteiger partial charge in [-0.25, -0.2) is 4.39 Å². The van der Waals surface area contributed by atoms with Crippen molar-refractivity contribution in [3.8, 4) is 5.75 Å². The van der Waals surface area contributed by atoms with Crippen molar-refractivity contribution in [2.45, 2.75) is 0 Å². The lowest BCUT2D eigenvalue weighted by Crippen LogP contribution is -2.49. The van der Waals surface area contributed by atoms with Crippen LogP contribution in [-0.2, 0) is 10.1 Å². The molecule has 3 rings (SSSR count). The molecular weight excluding hydrogens is 407 g/mol. The maximum atomic E-state index is 13.9. The molecule has 2 aromatic carbocycles. The second-order valence-electron chi connectivity index (χ2n) is 6.42. The molecule has 2 aromatic rings. The Kier molecular flexibility index (Phi) is 6.53. The van der Waals surface area contributed by atoms with Gasteiger partial charge in [0.15, 0.2) is 0 Å². The third-order valence-corrected chi connectivity index (χ3v) is 5.81.